The predicted molar refractivity (Wildman–Crippen MR) is 74.7 cm³/mol. The summed E-state index contributed by atoms with van der Waals surface area (Å²) >= 11 is 0. The third kappa shape index (κ3) is 4.52. The summed E-state index contributed by atoms with van der Waals surface area (Å²) in [5.41, 5.74) is 3.77. The predicted octanol–water partition coefficient (Wildman–Crippen LogP) is 3.83. The second-order valence-corrected chi connectivity index (χ2v) is 5.04. The van der Waals surface area contributed by atoms with Gasteiger partial charge in [0.25, 0.3) is 0 Å². The van der Waals surface area contributed by atoms with Crippen LogP contribution in [-0.2, 0) is 16.0 Å². The van der Waals surface area contributed by atoms with E-state index in [1.807, 2.05) is 6.92 Å². The zero-order valence-electron chi connectivity index (χ0n) is 12.0. The number of ether oxygens (including phenoxy) is 1. The second kappa shape index (κ2) is 7.20. The number of rotatable bonds is 6. The van der Waals surface area contributed by atoms with E-state index in [-0.39, 0.29) is 11.9 Å². The molecule has 1 aromatic carbocycles. The molecule has 0 aromatic heterocycles. The average molecular weight is 248 g/mol. The van der Waals surface area contributed by atoms with Crippen molar-refractivity contribution in [2.75, 3.05) is 6.61 Å². The summed E-state index contributed by atoms with van der Waals surface area (Å²) in [7, 11) is 0. The number of benzene rings is 1. The fourth-order valence-corrected chi connectivity index (χ4v) is 1.83. The number of carbonyl (C=O) groups excluding carboxylic acids is 1. The van der Waals surface area contributed by atoms with Crippen LogP contribution in [0.3, 0.4) is 0 Å². The molecule has 100 valence electrons. The van der Waals surface area contributed by atoms with Gasteiger partial charge in [-0.3, -0.25) is 4.79 Å². The van der Waals surface area contributed by atoms with Crippen molar-refractivity contribution in [1.82, 2.24) is 0 Å². The fourth-order valence-electron chi connectivity index (χ4n) is 1.83. The molecule has 0 heterocycles. The van der Waals surface area contributed by atoms with E-state index in [0.29, 0.717) is 6.61 Å². The van der Waals surface area contributed by atoms with Crippen LogP contribution in [0.15, 0.2) is 18.2 Å². The van der Waals surface area contributed by atoms with Crippen LogP contribution in [0.25, 0.3) is 0 Å². The van der Waals surface area contributed by atoms with Gasteiger partial charge in [-0.2, -0.15) is 0 Å². The lowest BCUT2D eigenvalue weighted by Gasteiger charge is -2.12. The van der Waals surface area contributed by atoms with Gasteiger partial charge in [-0.05, 0) is 43.4 Å². The highest BCUT2D eigenvalue weighted by Crippen LogP contribution is 2.14. The van der Waals surface area contributed by atoms with Gasteiger partial charge < -0.3 is 4.74 Å². The zero-order valence-corrected chi connectivity index (χ0v) is 12.0. The van der Waals surface area contributed by atoms with Crippen molar-refractivity contribution in [3.8, 4) is 0 Å². The number of hydrogen-bond acceptors (Lipinski definition) is 2. The lowest BCUT2D eigenvalue weighted by Crippen LogP contribution is -2.17. The van der Waals surface area contributed by atoms with Crippen molar-refractivity contribution in [3.63, 3.8) is 0 Å². The molecule has 0 saturated heterocycles. The maximum atomic E-state index is 11.8. The molecule has 1 rings (SSSR count). The normalized spacial score (nSPS) is 12.2. The number of carbonyl (C=O) groups is 1. The Morgan fingerprint density at radius 2 is 2.00 bits per heavy atom. The van der Waals surface area contributed by atoms with E-state index in [0.717, 1.165) is 19.3 Å². The molecule has 0 saturated carbocycles. The Balaban J connectivity index is 2.50. The minimum atomic E-state index is -0.0818. The van der Waals surface area contributed by atoms with Gasteiger partial charge in [-0.1, -0.05) is 38.5 Å². The van der Waals surface area contributed by atoms with Gasteiger partial charge in [0.1, 0.15) is 0 Å². The number of hydrogen-bond donors (Lipinski definition) is 0. The Labute approximate surface area is 110 Å². The maximum Gasteiger partial charge on any atom is 0.308 e. The second-order valence-electron chi connectivity index (χ2n) is 5.04. The third-order valence-electron chi connectivity index (χ3n) is 3.26. The quantitative estimate of drug-likeness (QED) is 0.565. The zero-order chi connectivity index (χ0) is 13.5. The van der Waals surface area contributed by atoms with E-state index in [1.54, 1.807) is 0 Å². The lowest BCUT2D eigenvalue weighted by atomic mass is 9.98. The first-order valence-electron chi connectivity index (χ1n) is 6.77. The molecule has 2 heteroatoms. The third-order valence-corrected chi connectivity index (χ3v) is 3.26. The van der Waals surface area contributed by atoms with Crippen LogP contribution >= 0.6 is 0 Å². The summed E-state index contributed by atoms with van der Waals surface area (Å²) in [5, 5.41) is 0. The molecule has 0 aliphatic heterocycles. The highest BCUT2D eigenvalue weighted by atomic mass is 16.5. The summed E-state index contributed by atoms with van der Waals surface area (Å²) in [5.74, 6) is -0.148. The van der Waals surface area contributed by atoms with E-state index in [4.69, 9.17) is 4.74 Å². The Morgan fingerprint density at radius 1 is 1.28 bits per heavy atom. The smallest absolute Gasteiger partial charge is 0.308 e. The largest absolute Gasteiger partial charge is 0.465 e. The van der Waals surface area contributed by atoms with Crippen LogP contribution in [0.4, 0.5) is 0 Å². The molecule has 18 heavy (non-hydrogen) atoms. The number of aryl methyl sites for hydroxylation is 2. The molecule has 0 amide bonds. The SMILES string of the molecule is CCCCOC(=O)[C@@H](C)Cc1ccc(C)c(C)c1. The van der Waals surface area contributed by atoms with Crippen molar-refractivity contribution in [1.29, 1.82) is 0 Å². The summed E-state index contributed by atoms with van der Waals surface area (Å²) in [4.78, 5) is 11.8. The first-order chi connectivity index (χ1) is 8.54. The van der Waals surface area contributed by atoms with E-state index in [9.17, 15) is 4.79 Å². The lowest BCUT2D eigenvalue weighted by molar-refractivity contribution is -0.148. The molecule has 2 nitrogen and oxygen atoms in total. The standard InChI is InChI=1S/C16H24O2/c1-5-6-9-18-16(17)14(4)11-15-8-7-12(2)13(3)10-15/h7-8,10,14H,5-6,9,11H2,1-4H3/t14-/m0/s1. The molecule has 0 bridgehead atoms. The van der Waals surface area contributed by atoms with Gasteiger partial charge in [-0.15, -0.1) is 0 Å². The maximum absolute atomic E-state index is 11.8. The Morgan fingerprint density at radius 3 is 2.61 bits per heavy atom. The molecule has 0 aliphatic rings. The molecule has 0 aliphatic carbocycles. The molecule has 0 unspecified atom stereocenters. The van der Waals surface area contributed by atoms with Crippen molar-refractivity contribution >= 4 is 5.97 Å². The minimum absolute atomic E-state index is 0.0658. The monoisotopic (exact) mass is 248 g/mol. The molecule has 1 atom stereocenters. The van der Waals surface area contributed by atoms with Crippen LogP contribution in [0.1, 0.15) is 43.4 Å². The van der Waals surface area contributed by atoms with Crippen molar-refractivity contribution < 1.29 is 9.53 Å². The molecule has 0 N–H and O–H groups in total. The summed E-state index contributed by atoms with van der Waals surface area (Å²) in [6.07, 6.45) is 2.76. The van der Waals surface area contributed by atoms with E-state index >= 15 is 0 Å². The molecule has 0 radical (unpaired) electrons. The van der Waals surface area contributed by atoms with E-state index < -0.39 is 0 Å². The van der Waals surface area contributed by atoms with Crippen molar-refractivity contribution in [3.05, 3.63) is 34.9 Å². The van der Waals surface area contributed by atoms with Crippen LogP contribution in [0.5, 0.6) is 0 Å². The Bertz CT molecular complexity index is 396. The fraction of sp³-hybridized carbons (Fsp3) is 0.562. The van der Waals surface area contributed by atoms with Gasteiger partial charge in [0, 0.05) is 0 Å². The summed E-state index contributed by atoms with van der Waals surface area (Å²) < 4.78 is 5.23. The van der Waals surface area contributed by atoms with Gasteiger partial charge >= 0.3 is 5.97 Å². The molecular formula is C16H24O2. The van der Waals surface area contributed by atoms with E-state index in [1.165, 1.54) is 16.7 Å². The minimum Gasteiger partial charge on any atom is -0.465 e. The topological polar surface area (TPSA) is 26.3 Å². The molecule has 0 fully saturated rings. The molecular weight excluding hydrogens is 224 g/mol. The van der Waals surface area contributed by atoms with Gasteiger partial charge in [0.2, 0.25) is 0 Å². The van der Waals surface area contributed by atoms with Gasteiger partial charge in [-0.25, -0.2) is 0 Å². The molecule has 0 spiro atoms. The van der Waals surface area contributed by atoms with Gasteiger partial charge in [0.15, 0.2) is 0 Å². The Kier molecular flexibility index (Phi) is 5.90. The van der Waals surface area contributed by atoms with Crippen LogP contribution in [0, 0.1) is 19.8 Å². The number of unbranched alkanes of at least 4 members (excludes halogenated alkanes) is 1. The summed E-state index contributed by atoms with van der Waals surface area (Å²) in [6, 6.07) is 6.36. The van der Waals surface area contributed by atoms with Crippen molar-refractivity contribution in [2.45, 2.75) is 47.0 Å². The van der Waals surface area contributed by atoms with Crippen LogP contribution in [0.2, 0.25) is 0 Å². The molecule has 1 aromatic rings. The highest BCUT2D eigenvalue weighted by molar-refractivity contribution is 5.72. The van der Waals surface area contributed by atoms with Crippen molar-refractivity contribution in [2.24, 2.45) is 5.92 Å². The highest BCUT2D eigenvalue weighted by Gasteiger charge is 2.15. The van der Waals surface area contributed by atoms with Crippen LogP contribution in [-0.4, -0.2) is 12.6 Å². The first-order valence-corrected chi connectivity index (χ1v) is 6.77. The first kappa shape index (κ1) is 14.7. The van der Waals surface area contributed by atoms with E-state index in [2.05, 4.69) is 39.0 Å². The van der Waals surface area contributed by atoms with Crippen LogP contribution < -0.4 is 0 Å². The Hall–Kier alpha value is -1.31. The average Bonchev–Trinajstić information content (AvgIpc) is 2.34. The summed E-state index contributed by atoms with van der Waals surface area (Å²) in [6.45, 7) is 8.77. The number of esters is 1. The van der Waals surface area contributed by atoms with Gasteiger partial charge in [0.05, 0.1) is 12.5 Å².